The summed E-state index contributed by atoms with van der Waals surface area (Å²) in [6, 6.07) is -0.268. The molecule has 2 saturated carbocycles. The number of nitrogens with zero attached hydrogens (tertiary/aromatic N) is 1. The second-order valence-corrected chi connectivity index (χ2v) is 8.28. The summed E-state index contributed by atoms with van der Waals surface area (Å²) >= 11 is 0. The molecule has 26 heavy (non-hydrogen) atoms. The molecule has 0 bridgehead atoms. The largest absolute Gasteiger partial charge is 0.356 e. The molecule has 146 valence electrons. The molecular formula is C20H33N3O3. The van der Waals surface area contributed by atoms with Crippen molar-refractivity contribution < 1.29 is 14.4 Å². The van der Waals surface area contributed by atoms with Gasteiger partial charge in [-0.15, -0.1) is 0 Å². The van der Waals surface area contributed by atoms with Crippen LogP contribution in [0.5, 0.6) is 0 Å². The van der Waals surface area contributed by atoms with E-state index in [1.54, 1.807) is 0 Å². The van der Waals surface area contributed by atoms with Gasteiger partial charge in [0.25, 0.3) is 5.91 Å². The minimum absolute atomic E-state index is 0.0705. The predicted molar refractivity (Wildman–Crippen MR) is 99.5 cm³/mol. The van der Waals surface area contributed by atoms with Crippen molar-refractivity contribution in [2.45, 2.75) is 89.0 Å². The molecule has 0 unspecified atom stereocenters. The first-order chi connectivity index (χ1) is 12.6. The lowest BCUT2D eigenvalue weighted by molar-refractivity contribution is -0.131. The van der Waals surface area contributed by atoms with E-state index in [1.807, 2.05) is 0 Å². The van der Waals surface area contributed by atoms with Gasteiger partial charge in [-0.2, -0.15) is 0 Å². The van der Waals surface area contributed by atoms with Crippen LogP contribution in [0.1, 0.15) is 83.5 Å². The van der Waals surface area contributed by atoms with Crippen molar-refractivity contribution in [1.29, 1.82) is 0 Å². The van der Waals surface area contributed by atoms with Crippen molar-refractivity contribution in [3.8, 4) is 0 Å². The zero-order valence-electron chi connectivity index (χ0n) is 15.9. The highest BCUT2D eigenvalue weighted by Gasteiger charge is 2.51. The van der Waals surface area contributed by atoms with Crippen molar-refractivity contribution in [2.75, 3.05) is 13.1 Å². The lowest BCUT2D eigenvalue weighted by Crippen LogP contribution is -2.44. The summed E-state index contributed by atoms with van der Waals surface area (Å²) in [5.74, 6) is 0.836. The quantitative estimate of drug-likeness (QED) is 0.514. The van der Waals surface area contributed by atoms with Crippen LogP contribution >= 0.6 is 0 Å². The first-order valence-electron chi connectivity index (χ1n) is 10.5. The third-order valence-corrected chi connectivity index (χ3v) is 6.32. The number of hydrogen-bond acceptors (Lipinski definition) is 3. The van der Waals surface area contributed by atoms with Gasteiger partial charge in [0, 0.05) is 19.5 Å². The van der Waals surface area contributed by atoms with Gasteiger partial charge in [-0.25, -0.2) is 4.79 Å². The molecule has 6 nitrogen and oxygen atoms in total. The molecule has 1 spiro atoms. The van der Waals surface area contributed by atoms with Crippen molar-refractivity contribution in [3.05, 3.63) is 0 Å². The van der Waals surface area contributed by atoms with Crippen LogP contribution in [0.15, 0.2) is 0 Å². The zero-order valence-corrected chi connectivity index (χ0v) is 15.9. The molecule has 0 atom stereocenters. The van der Waals surface area contributed by atoms with Crippen LogP contribution in [0.3, 0.4) is 0 Å². The maximum atomic E-state index is 12.5. The summed E-state index contributed by atoms with van der Waals surface area (Å²) in [6.45, 7) is 0.904. The first kappa shape index (κ1) is 19.2. The van der Waals surface area contributed by atoms with Gasteiger partial charge in [0.05, 0.1) is 0 Å². The Kier molecular flexibility index (Phi) is 6.54. The van der Waals surface area contributed by atoms with E-state index in [-0.39, 0.29) is 17.8 Å². The van der Waals surface area contributed by atoms with Gasteiger partial charge in [0.1, 0.15) is 5.54 Å². The molecular weight excluding hydrogens is 330 g/mol. The average molecular weight is 364 g/mol. The van der Waals surface area contributed by atoms with Crippen molar-refractivity contribution >= 4 is 17.8 Å². The summed E-state index contributed by atoms with van der Waals surface area (Å²) in [7, 11) is 0. The molecule has 1 saturated heterocycles. The van der Waals surface area contributed by atoms with Crippen molar-refractivity contribution in [3.63, 3.8) is 0 Å². The Balaban J connectivity index is 1.28. The SMILES string of the molecule is O=C(CCCC1CCCCC1)NCCCN1C(=O)NC2(CCCC2)C1=O. The zero-order chi connectivity index (χ0) is 18.4. The van der Waals surface area contributed by atoms with Crippen molar-refractivity contribution in [2.24, 2.45) is 5.92 Å². The second kappa shape index (κ2) is 8.87. The Morgan fingerprint density at radius 3 is 2.54 bits per heavy atom. The van der Waals surface area contributed by atoms with Gasteiger partial charge in [0.15, 0.2) is 0 Å². The third kappa shape index (κ3) is 4.57. The van der Waals surface area contributed by atoms with E-state index in [9.17, 15) is 14.4 Å². The Morgan fingerprint density at radius 2 is 1.81 bits per heavy atom. The van der Waals surface area contributed by atoms with E-state index < -0.39 is 5.54 Å². The van der Waals surface area contributed by atoms with E-state index in [4.69, 9.17) is 0 Å². The maximum Gasteiger partial charge on any atom is 0.325 e. The van der Waals surface area contributed by atoms with Crippen molar-refractivity contribution in [1.82, 2.24) is 15.5 Å². The molecule has 0 aromatic heterocycles. The summed E-state index contributed by atoms with van der Waals surface area (Å²) in [4.78, 5) is 37.9. The fourth-order valence-electron chi connectivity index (χ4n) is 4.78. The number of nitrogens with one attached hydrogen (secondary N) is 2. The van der Waals surface area contributed by atoms with Gasteiger partial charge in [-0.05, 0) is 38.0 Å². The van der Waals surface area contributed by atoms with Crippen LogP contribution in [0.25, 0.3) is 0 Å². The fourth-order valence-corrected chi connectivity index (χ4v) is 4.78. The number of urea groups is 1. The average Bonchev–Trinajstić information content (AvgIpc) is 3.19. The number of imide groups is 1. The summed E-state index contributed by atoms with van der Waals surface area (Å²) < 4.78 is 0. The Labute approximate surface area is 156 Å². The molecule has 0 aromatic rings. The van der Waals surface area contributed by atoms with Gasteiger partial charge in [-0.1, -0.05) is 44.9 Å². The maximum absolute atomic E-state index is 12.5. The number of carbonyl (C=O) groups excluding carboxylic acids is 3. The number of rotatable bonds is 8. The van der Waals surface area contributed by atoms with Gasteiger partial charge in [0.2, 0.25) is 5.91 Å². The first-order valence-corrected chi connectivity index (χ1v) is 10.5. The lowest BCUT2D eigenvalue weighted by atomic mass is 9.86. The van der Waals surface area contributed by atoms with Crippen LogP contribution in [-0.4, -0.2) is 41.4 Å². The molecule has 0 radical (unpaired) electrons. The summed E-state index contributed by atoms with van der Waals surface area (Å²) in [6.07, 6.45) is 13.6. The molecule has 0 aromatic carbocycles. The highest BCUT2D eigenvalue weighted by molar-refractivity contribution is 6.07. The topological polar surface area (TPSA) is 78.5 Å². The minimum Gasteiger partial charge on any atom is -0.356 e. The molecule has 2 N–H and O–H groups in total. The fraction of sp³-hybridized carbons (Fsp3) is 0.850. The van der Waals surface area contributed by atoms with Crippen LogP contribution in [0, 0.1) is 5.92 Å². The van der Waals surface area contributed by atoms with Crippen LogP contribution < -0.4 is 10.6 Å². The summed E-state index contributed by atoms with van der Waals surface area (Å²) in [5, 5.41) is 5.81. The Bertz CT molecular complexity index is 522. The van der Waals surface area contributed by atoms with Crippen LogP contribution in [0.2, 0.25) is 0 Å². The standard InChI is InChI=1S/C20H33N3O3/c24-17(11-6-10-16-8-2-1-3-9-16)21-14-7-15-23-18(25)20(22-19(23)26)12-4-5-13-20/h16H,1-15H2,(H,21,24)(H,22,26). The van der Waals surface area contributed by atoms with E-state index in [2.05, 4.69) is 10.6 Å². The van der Waals surface area contributed by atoms with Gasteiger partial charge in [-0.3, -0.25) is 14.5 Å². The molecule has 2 aliphatic carbocycles. The normalized spacial score (nSPS) is 22.8. The lowest BCUT2D eigenvalue weighted by Gasteiger charge is -2.21. The van der Waals surface area contributed by atoms with E-state index in [0.717, 1.165) is 44.4 Å². The second-order valence-electron chi connectivity index (χ2n) is 8.28. The molecule has 3 aliphatic rings. The molecule has 1 heterocycles. The molecule has 3 fully saturated rings. The summed E-state index contributed by atoms with van der Waals surface area (Å²) in [5.41, 5.74) is -0.626. The number of carbonyl (C=O) groups is 3. The number of amides is 4. The smallest absolute Gasteiger partial charge is 0.325 e. The van der Waals surface area contributed by atoms with Gasteiger partial charge < -0.3 is 10.6 Å². The Hall–Kier alpha value is -1.59. The van der Waals surface area contributed by atoms with E-state index >= 15 is 0 Å². The minimum atomic E-state index is -0.626. The van der Waals surface area contributed by atoms with E-state index in [0.29, 0.717) is 25.9 Å². The molecule has 6 heteroatoms. The molecule has 1 aliphatic heterocycles. The third-order valence-electron chi connectivity index (χ3n) is 6.32. The number of hydrogen-bond donors (Lipinski definition) is 2. The molecule has 4 amide bonds. The predicted octanol–water partition coefficient (Wildman–Crippen LogP) is 3.11. The monoisotopic (exact) mass is 363 g/mol. The molecule has 3 rings (SSSR count). The van der Waals surface area contributed by atoms with E-state index in [1.165, 1.54) is 37.0 Å². The highest BCUT2D eigenvalue weighted by atomic mass is 16.2. The highest BCUT2D eigenvalue weighted by Crippen LogP contribution is 2.35. The van der Waals surface area contributed by atoms with Gasteiger partial charge >= 0.3 is 6.03 Å². The van der Waals surface area contributed by atoms with Crippen LogP contribution in [-0.2, 0) is 9.59 Å². The van der Waals surface area contributed by atoms with Crippen LogP contribution in [0.4, 0.5) is 4.79 Å². The Morgan fingerprint density at radius 1 is 1.08 bits per heavy atom.